The number of hydrogen-bond acceptors (Lipinski definition) is 4. The molecule has 88 valence electrons. The normalized spacial score (nSPS) is 17.7. The molecule has 3 nitrogen and oxygen atoms in total. The topological polar surface area (TPSA) is 29.5 Å². The summed E-state index contributed by atoms with van der Waals surface area (Å²) in [6, 6.07) is 0. The second kappa shape index (κ2) is 7.99. The van der Waals surface area contributed by atoms with Crippen LogP contribution in [0.4, 0.5) is 0 Å². The van der Waals surface area contributed by atoms with Crippen molar-refractivity contribution < 1.29 is 9.53 Å². The third-order valence-electron chi connectivity index (χ3n) is 2.66. The molecule has 0 spiro atoms. The van der Waals surface area contributed by atoms with Crippen molar-refractivity contribution in [3.8, 4) is 0 Å². The molecule has 0 aromatic heterocycles. The molecule has 15 heavy (non-hydrogen) atoms. The van der Waals surface area contributed by atoms with Crippen molar-refractivity contribution in [2.75, 3.05) is 32.0 Å². The lowest BCUT2D eigenvalue weighted by Gasteiger charge is -2.25. The van der Waals surface area contributed by atoms with E-state index in [1.807, 2.05) is 0 Å². The van der Waals surface area contributed by atoms with E-state index in [0.717, 1.165) is 31.8 Å². The Bertz CT molecular complexity index is 181. The van der Waals surface area contributed by atoms with Gasteiger partial charge >= 0.3 is 5.97 Å². The van der Waals surface area contributed by atoms with Crippen molar-refractivity contribution in [1.82, 2.24) is 4.90 Å². The van der Waals surface area contributed by atoms with Gasteiger partial charge in [-0.15, -0.1) is 0 Å². The summed E-state index contributed by atoms with van der Waals surface area (Å²) in [5.41, 5.74) is 0. The van der Waals surface area contributed by atoms with E-state index in [2.05, 4.69) is 17.5 Å². The van der Waals surface area contributed by atoms with E-state index >= 15 is 0 Å². The smallest absolute Gasteiger partial charge is 0.305 e. The predicted octanol–water partition coefficient (Wildman–Crippen LogP) is 1.73. The number of ether oxygens (including phenoxy) is 1. The van der Waals surface area contributed by atoms with E-state index in [9.17, 15) is 4.79 Å². The number of carbonyl (C=O) groups is 1. The first kappa shape index (κ1) is 12.8. The average molecular weight is 231 g/mol. The summed E-state index contributed by atoms with van der Waals surface area (Å²) in [4.78, 5) is 13.5. The van der Waals surface area contributed by atoms with Gasteiger partial charge in [-0.3, -0.25) is 9.69 Å². The fourth-order valence-corrected chi connectivity index (χ4v) is 1.93. The Morgan fingerprint density at radius 3 is 2.67 bits per heavy atom. The van der Waals surface area contributed by atoms with Crippen LogP contribution in [-0.4, -0.2) is 42.9 Å². The zero-order chi connectivity index (χ0) is 10.9. The van der Waals surface area contributed by atoms with E-state index in [1.54, 1.807) is 0 Å². The quantitative estimate of drug-likeness (QED) is 0.557. The second-order valence-corrected chi connectivity index (χ2v) is 4.40. The van der Waals surface area contributed by atoms with Crippen molar-refractivity contribution >= 4 is 18.6 Å². The van der Waals surface area contributed by atoms with Crippen LogP contribution in [0.15, 0.2) is 0 Å². The Morgan fingerprint density at radius 1 is 1.27 bits per heavy atom. The summed E-state index contributed by atoms with van der Waals surface area (Å²) in [6.07, 6.45) is 5.23. The molecule has 1 aliphatic heterocycles. The number of carbonyl (C=O) groups excluding carboxylic acids is 1. The molecule has 0 saturated carbocycles. The number of hydrogen-bond donors (Lipinski definition) is 1. The maximum absolute atomic E-state index is 11.2. The van der Waals surface area contributed by atoms with Crippen LogP contribution >= 0.6 is 12.6 Å². The van der Waals surface area contributed by atoms with Crippen molar-refractivity contribution in [3.05, 3.63) is 0 Å². The maximum atomic E-state index is 11.2. The van der Waals surface area contributed by atoms with Crippen molar-refractivity contribution in [1.29, 1.82) is 0 Å². The lowest BCUT2D eigenvalue weighted by atomic mass is 10.1. The van der Waals surface area contributed by atoms with E-state index in [4.69, 9.17) is 4.74 Å². The molecule has 1 rings (SSSR count). The number of esters is 1. The van der Waals surface area contributed by atoms with Crippen LogP contribution in [0.2, 0.25) is 0 Å². The Hall–Kier alpha value is -0.220. The molecule has 1 aliphatic rings. The number of rotatable bonds is 6. The fraction of sp³-hybridized carbons (Fsp3) is 0.909. The Morgan fingerprint density at radius 2 is 2.00 bits per heavy atom. The van der Waals surface area contributed by atoms with Crippen LogP contribution < -0.4 is 0 Å². The van der Waals surface area contributed by atoms with Crippen LogP contribution in [0.5, 0.6) is 0 Å². The largest absolute Gasteiger partial charge is 0.464 e. The summed E-state index contributed by atoms with van der Waals surface area (Å²) in [5, 5.41) is 0. The van der Waals surface area contributed by atoms with Gasteiger partial charge in [0.15, 0.2) is 0 Å². The van der Waals surface area contributed by atoms with Gasteiger partial charge in [-0.05, 0) is 38.1 Å². The number of nitrogens with zero attached hydrogens (tertiary/aromatic N) is 1. The van der Waals surface area contributed by atoms with Gasteiger partial charge in [0.05, 0.1) is 0 Å². The van der Waals surface area contributed by atoms with Crippen molar-refractivity contribution in [2.45, 2.75) is 32.1 Å². The van der Waals surface area contributed by atoms with E-state index in [1.165, 1.54) is 19.3 Å². The van der Waals surface area contributed by atoms with Gasteiger partial charge in [-0.1, -0.05) is 6.42 Å². The molecular weight excluding hydrogens is 210 g/mol. The molecule has 0 amide bonds. The summed E-state index contributed by atoms with van der Waals surface area (Å²) < 4.78 is 5.13. The predicted molar refractivity (Wildman–Crippen MR) is 64.3 cm³/mol. The van der Waals surface area contributed by atoms with Crippen molar-refractivity contribution in [2.24, 2.45) is 0 Å². The van der Waals surface area contributed by atoms with Gasteiger partial charge in [0.2, 0.25) is 0 Å². The fourth-order valence-electron chi connectivity index (χ4n) is 1.77. The monoisotopic (exact) mass is 231 g/mol. The highest BCUT2D eigenvalue weighted by Gasteiger charge is 2.10. The highest BCUT2D eigenvalue weighted by Crippen LogP contribution is 2.07. The van der Waals surface area contributed by atoms with Crippen LogP contribution in [0.1, 0.15) is 32.1 Å². The van der Waals surface area contributed by atoms with Crippen LogP contribution in [0, 0.1) is 0 Å². The standard InChI is InChI=1S/C11H21NO2S/c13-11(5-4-10-15)14-9-8-12-6-2-1-3-7-12/h15H,1-10H2. The molecule has 1 fully saturated rings. The first-order valence-corrected chi connectivity index (χ1v) is 6.45. The molecular formula is C11H21NO2S. The second-order valence-electron chi connectivity index (χ2n) is 3.95. The molecule has 0 aromatic carbocycles. The van der Waals surface area contributed by atoms with Crippen LogP contribution in [-0.2, 0) is 9.53 Å². The van der Waals surface area contributed by atoms with E-state index in [-0.39, 0.29) is 5.97 Å². The third-order valence-corrected chi connectivity index (χ3v) is 2.97. The Balaban J connectivity index is 1.97. The van der Waals surface area contributed by atoms with E-state index in [0.29, 0.717) is 13.0 Å². The minimum absolute atomic E-state index is 0.0824. The zero-order valence-corrected chi connectivity index (χ0v) is 10.2. The highest BCUT2D eigenvalue weighted by atomic mass is 32.1. The highest BCUT2D eigenvalue weighted by molar-refractivity contribution is 7.80. The SMILES string of the molecule is O=C(CCCS)OCCN1CCCCC1. The molecule has 0 atom stereocenters. The van der Waals surface area contributed by atoms with Gasteiger partial charge in [0, 0.05) is 13.0 Å². The van der Waals surface area contributed by atoms with Gasteiger partial charge in [0.25, 0.3) is 0 Å². The minimum Gasteiger partial charge on any atom is -0.464 e. The first-order chi connectivity index (χ1) is 7.33. The maximum Gasteiger partial charge on any atom is 0.305 e. The number of thiol groups is 1. The average Bonchev–Trinajstić information content (AvgIpc) is 2.28. The first-order valence-electron chi connectivity index (χ1n) is 5.82. The molecule has 1 saturated heterocycles. The van der Waals surface area contributed by atoms with Gasteiger partial charge in [-0.25, -0.2) is 0 Å². The lowest BCUT2D eigenvalue weighted by Crippen LogP contribution is -2.33. The number of piperidine rings is 1. The summed E-state index contributed by atoms with van der Waals surface area (Å²) in [6.45, 7) is 3.76. The van der Waals surface area contributed by atoms with Gasteiger partial charge < -0.3 is 4.74 Å². The molecule has 0 N–H and O–H groups in total. The summed E-state index contributed by atoms with van der Waals surface area (Å²) in [5.74, 6) is 0.669. The molecule has 0 aliphatic carbocycles. The molecule has 1 heterocycles. The van der Waals surface area contributed by atoms with Gasteiger partial charge in [-0.2, -0.15) is 12.6 Å². The van der Waals surface area contributed by atoms with Crippen LogP contribution in [0.3, 0.4) is 0 Å². The Kier molecular flexibility index (Phi) is 6.85. The zero-order valence-electron chi connectivity index (χ0n) is 9.28. The molecule has 0 unspecified atom stereocenters. The molecule has 0 aromatic rings. The Labute approximate surface area is 97.6 Å². The van der Waals surface area contributed by atoms with Crippen molar-refractivity contribution in [3.63, 3.8) is 0 Å². The molecule has 0 radical (unpaired) electrons. The number of likely N-dealkylation sites (tertiary alicyclic amines) is 1. The summed E-state index contributed by atoms with van der Waals surface area (Å²) in [7, 11) is 0. The van der Waals surface area contributed by atoms with Crippen LogP contribution in [0.25, 0.3) is 0 Å². The third kappa shape index (κ3) is 6.05. The lowest BCUT2D eigenvalue weighted by molar-refractivity contribution is -0.144. The molecule has 4 heteroatoms. The van der Waals surface area contributed by atoms with Gasteiger partial charge in [0.1, 0.15) is 6.61 Å². The minimum atomic E-state index is -0.0824. The summed E-state index contributed by atoms with van der Waals surface area (Å²) >= 11 is 4.05. The van der Waals surface area contributed by atoms with E-state index < -0.39 is 0 Å². The molecule has 0 bridgehead atoms.